The number of alkyl halides is 1. The van der Waals surface area contributed by atoms with E-state index in [1.54, 1.807) is 6.07 Å². The molecule has 0 aromatic heterocycles. The number of Topliss-reactive ketones (excluding diaryl/α,β-unsaturated/α-hetero) is 1. The predicted molar refractivity (Wildman–Crippen MR) is 116 cm³/mol. The number of benzene rings is 1. The minimum atomic E-state index is -3.48. The number of ketones is 1. The molecule has 7 rings (SSSR count). The summed E-state index contributed by atoms with van der Waals surface area (Å²) in [6.07, 6.45) is 8.53. The third kappa shape index (κ3) is 3.72. The summed E-state index contributed by atoms with van der Waals surface area (Å²) < 4.78 is 46.0. The van der Waals surface area contributed by atoms with Gasteiger partial charge in [0.25, 0.3) is 0 Å². The van der Waals surface area contributed by atoms with Crippen LogP contribution in [-0.4, -0.2) is 36.2 Å². The van der Waals surface area contributed by atoms with Crippen LogP contribution in [0.25, 0.3) is 0 Å². The van der Waals surface area contributed by atoms with Gasteiger partial charge < -0.3 is 4.74 Å². The summed E-state index contributed by atoms with van der Waals surface area (Å²) in [5.41, 5.74) is 0.756. The molecule has 0 N–H and O–H groups in total. The van der Waals surface area contributed by atoms with E-state index in [4.69, 9.17) is 16.3 Å². The van der Waals surface area contributed by atoms with E-state index in [9.17, 15) is 13.2 Å². The summed E-state index contributed by atoms with van der Waals surface area (Å²) in [5.74, 6) is 0.381. The van der Waals surface area contributed by atoms with E-state index in [0.717, 1.165) is 50.5 Å². The van der Waals surface area contributed by atoms with Gasteiger partial charge >= 0.3 is 0 Å². The number of hydrogen-bond acceptors (Lipinski definition) is 4. The van der Waals surface area contributed by atoms with Crippen molar-refractivity contribution in [2.75, 3.05) is 5.75 Å². The van der Waals surface area contributed by atoms with E-state index in [1.807, 2.05) is 0 Å². The lowest BCUT2D eigenvalue weighted by atomic mass is 9.54. The van der Waals surface area contributed by atoms with E-state index in [2.05, 4.69) is 0 Å². The molecule has 6 aliphatic carbocycles. The Morgan fingerprint density at radius 2 is 1.77 bits per heavy atom. The van der Waals surface area contributed by atoms with Crippen LogP contribution in [0.4, 0.5) is 4.39 Å². The summed E-state index contributed by atoms with van der Waals surface area (Å²) >= 11 is 6.85. The average molecular weight is 467 g/mol. The van der Waals surface area contributed by atoms with Gasteiger partial charge in [-0.05, 0) is 93.1 Å². The highest BCUT2D eigenvalue weighted by Gasteiger charge is 2.56. The quantitative estimate of drug-likeness (QED) is 0.417. The van der Waals surface area contributed by atoms with Gasteiger partial charge in [-0.3, -0.25) is 4.79 Å². The Morgan fingerprint density at radius 1 is 1.10 bits per heavy atom. The lowest BCUT2D eigenvalue weighted by Crippen LogP contribution is -2.56. The zero-order valence-corrected chi connectivity index (χ0v) is 19.1. The van der Waals surface area contributed by atoms with Crippen molar-refractivity contribution >= 4 is 27.2 Å². The maximum atomic E-state index is 15.0. The minimum absolute atomic E-state index is 0.0529. The normalized spacial score (nSPS) is 36.6. The van der Waals surface area contributed by atoms with Gasteiger partial charge in [-0.15, -0.1) is 11.6 Å². The number of ether oxygens (including phenoxy) is 1. The number of carbonyl (C=O) groups excluding carboxylic acids is 1. The summed E-state index contributed by atoms with van der Waals surface area (Å²) in [7, 11) is -3.48. The van der Waals surface area contributed by atoms with Gasteiger partial charge in [0.2, 0.25) is 0 Å². The Morgan fingerprint density at radius 3 is 2.35 bits per heavy atom. The van der Waals surface area contributed by atoms with E-state index >= 15 is 4.39 Å². The van der Waals surface area contributed by atoms with Crippen LogP contribution in [-0.2, 0) is 9.84 Å². The SMILES string of the molecule is O=C(CS(=O)(=O)C1CC1)c1cc(C2CC2)c(OC2C3CC4CC2CC(Cl)(C4)C3)cc1F. The number of halogens is 2. The van der Waals surface area contributed by atoms with Crippen molar-refractivity contribution in [2.45, 2.75) is 79.9 Å². The first-order valence-electron chi connectivity index (χ1n) is 11.6. The second kappa shape index (κ2) is 6.93. The second-order valence-corrected chi connectivity index (χ2v) is 13.9. The van der Waals surface area contributed by atoms with Crippen LogP contribution in [0.15, 0.2) is 12.1 Å². The molecule has 168 valence electrons. The smallest absolute Gasteiger partial charge is 0.180 e. The number of sulfone groups is 1. The highest BCUT2D eigenvalue weighted by Crippen LogP contribution is 2.59. The summed E-state index contributed by atoms with van der Waals surface area (Å²) in [6.45, 7) is 0. The lowest BCUT2D eigenvalue weighted by molar-refractivity contribution is -0.0700. The molecule has 1 aromatic rings. The van der Waals surface area contributed by atoms with Gasteiger partial charge in [-0.25, -0.2) is 12.8 Å². The molecule has 0 heterocycles. The third-order valence-corrected chi connectivity index (χ3v) is 10.8. The van der Waals surface area contributed by atoms with Crippen molar-refractivity contribution in [3.63, 3.8) is 0 Å². The summed E-state index contributed by atoms with van der Waals surface area (Å²) in [4.78, 5) is 12.6. The molecule has 2 unspecified atom stereocenters. The van der Waals surface area contributed by atoms with Gasteiger partial charge in [-0.2, -0.15) is 0 Å². The molecule has 4 bridgehead atoms. The van der Waals surface area contributed by atoms with E-state index in [-0.39, 0.29) is 22.5 Å². The minimum Gasteiger partial charge on any atom is -0.489 e. The summed E-state index contributed by atoms with van der Waals surface area (Å²) in [5, 5.41) is -0.424. The maximum absolute atomic E-state index is 15.0. The molecule has 1 aromatic carbocycles. The fourth-order valence-corrected chi connectivity index (χ4v) is 8.85. The van der Waals surface area contributed by atoms with Crippen molar-refractivity contribution < 1.29 is 22.3 Å². The van der Waals surface area contributed by atoms with E-state index in [1.165, 1.54) is 6.07 Å². The third-order valence-electron chi connectivity index (χ3n) is 8.16. The molecular weight excluding hydrogens is 439 g/mol. The van der Waals surface area contributed by atoms with Crippen LogP contribution in [0.5, 0.6) is 5.75 Å². The Hall–Kier alpha value is -1.14. The monoisotopic (exact) mass is 466 g/mol. The van der Waals surface area contributed by atoms with Gasteiger partial charge in [-0.1, -0.05) is 0 Å². The number of hydrogen-bond donors (Lipinski definition) is 0. The van der Waals surface area contributed by atoms with Crippen LogP contribution in [0, 0.1) is 23.6 Å². The molecule has 0 amide bonds. The molecule has 6 aliphatic rings. The van der Waals surface area contributed by atoms with Gasteiger partial charge in [0.15, 0.2) is 15.6 Å². The van der Waals surface area contributed by atoms with E-state index in [0.29, 0.717) is 36.3 Å². The molecule has 0 aliphatic heterocycles. The van der Waals surface area contributed by atoms with Crippen molar-refractivity contribution in [1.29, 1.82) is 0 Å². The number of carbonyl (C=O) groups is 1. The Bertz CT molecular complexity index is 1030. The first kappa shape index (κ1) is 20.5. The van der Waals surface area contributed by atoms with Crippen LogP contribution in [0.3, 0.4) is 0 Å². The molecular formula is C24H28ClFO4S. The molecule has 6 fully saturated rings. The summed E-state index contributed by atoms with van der Waals surface area (Å²) in [6, 6.07) is 2.92. The van der Waals surface area contributed by atoms with Crippen LogP contribution in [0.2, 0.25) is 0 Å². The highest BCUT2D eigenvalue weighted by atomic mass is 35.5. The van der Waals surface area contributed by atoms with Crippen LogP contribution >= 0.6 is 11.6 Å². The van der Waals surface area contributed by atoms with Crippen molar-refractivity contribution in [2.24, 2.45) is 17.8 Å². The molecule has 0 radical (unpaired) electrons. The fraction of sp³-hybridized carbons (Fsp3) is 0.708. The Labute approximate surface area is 187 Å². The Kier molecular flexibility index (Phi) is 4.57. The average Bonchev–Trinajstić information content (AvgIpc) is 3.55. The van der Waals surface area contributed by atoms with Gasteiger partial charge in [0.1, 0.15) is 23.4 Å². The first-order valence-corrected chi connectivity index (χ1v) is 13.7. The zero-order chi connectivity index (χ0) is 21.5. The van der Waals surface area contributed by atoms with Gasteiger partial charge in [0.05, 0.1) is 10.8 Å². The molecule has 4 nitrogen and oxygen atoms in total. The molecule has 2 atom stereocenters. The van der Waals surface area contributed by atoms with Gasteiger partial charge in [0, 0.05) is 10.9 Å². The maximum Gasteiger partial charge on any atom is 0.180 e. The second-order valence-electron chi connectivity index (χ2n) is 10.8. The highest BCUT2D eigenvalue weighted by molar-refractivity contribution is 7.93. The standard InChI is InChI=1S/C24H28ClFO4S/c25-24-9-13-5-15(10-24)23(16(6-13)11-24)30-22-8-20(26)19(7-18(22)14-1-2-14)21(27)12-31(28,29)17-3-4-17/h7-8,13-17,23H,1-6,9-12H2. The molecule has 6 saturated carbocycles. The largest absolute Gasteiger partial charge is 0.489 e. The number of rotatable bonds is 7. The molecule has 31 heavy (non-hydrogen) atoms. The predicted octanol–water partition coefficient (Wildman–Crippen LogP) is 5.03. The fourth-order valence-electron chi connectivity index (χ4n) is 6.62. The van der Waals surface area contributed by atoms with Crippen molar-refractivity contribution in [3.05, 3.63) is 29.1 Å². The molecule has 7 heteroatoms. The van der Waals surface area contributed by atoms with Crippen molar-refractivity contribution in [1.82, 2.24) is 0 Å². The Balaban J connectivity index is 1.27. The molecule has 0 saturated heterocycles. The van der Waals surface area contributed by atoms with E-state index < -0.39 is 32.4 Å². The van der Waals surface area contributed by atoms with Crippen LogP contribution < -0.4 is 4.74 Å². The lowest BCUT2D eigenvalue weighted by Gasteiger charge is -2.57. The topological polar surface area (TPSA) is 60.4 Å². The van der Waals surface area contributed by atoms with Crippen molar-refractivity contribution in [3.8, 4) is 5.75 Å². The van der Waals surface area contributed by atoms with Crippen LogP contribution in [0.1, 0.15) is 79.6 Å². The molecule has 0 spiro atoms. The first-order chi connectivity index (χ1) is 14.7. The zero-order valence-electron chi connectivity index (χ0n) is 17.5.